The van der Waals surface area contributed by atoms with Crippen molar-refractivity contribution in [2.24, 2.45) is 7.05 Å². The lowest BCUT2D eigenvalue weighted by molar-refractivity contribution is -0.113. The number of nitrogens with one attached hydrogen (secondary N) is 2. The molecule has 0 aliphatic heterocycles. The highest BCUT2D eigenvalue weighted by Gasteiger charge is 2.17. The highest BCUT2D eigenvalue weighted by atomic mass is 32.2. The number of anilines is 1. The fraction of sp³-hybridized carbons (Fsp3) is 0.300. The summed E-state index contributed by atoms with van der Waals surface area (Å²) in [5.74, 6) is 1.11. The van der Waals surface area contributed by atoms with Gasteiger partial charge in [0.15, 0.2) is 11.0 Å². The minimum Gasteiger partial charge on any atom is -0.469 e. The molecule has 0 spiro atoms. The number of carbonyl (C=O) groups is 2. The Kier molecular flexibility index (Phi) is 6.38. The third-order valence-electron chi connectivity index (χ3n) is 4.13. The molecule has 0 fully saturated rings. The predicted octanol–water partition coefficient (Wildman–Crippen LogP) is 3.25. The van der Waals surface area contributed by atoms with Crippen LogP contribution in [0.25, 0.3) is 11.4 Å². The molecule has 0 saturated heterocycles. The van der Waals surface area contributed by atoms with Crippen LogP contribution >= 0.6 is 11.8 Å². The van der Waals surface area contributed by atoms with Crippen molar-refractivity contribution in [3.63, 3.8) is 0 Å². The van der Waals surface area contributed by atoms with Gasteiger partial charge in [-0.05, 0) is 39.0 Å². The quantitative estimate of drug-likeness (QED) is 0.577. The second kappa shape index (κ2) is 8.95. The van der Waals surface area contributed by atoms with Gasteiger partial charge in [-0.3, -0.25) is 9.59 Å². The average molecular weight is 414 g/mol. The van der Waals surface area contributed by atoms with E-state index in [4.69, 9.17) is 4.42 Å². The Morgan fingerprint density at radius 1 is 1.21 bits per heavy atom. The van der Waals surface area contributed by atoms with Crippen molar-refractivity contribution < 1.29 is 14.0 Å². The number of hydrogen-bond donors (Lipinski definition) is 2. The molecule has 152 valence electrons. The number of thioether (sulfide) groups is 1. The smallest absolute Gasteiger partial charge is 0.253 e. The third-order valence-corrected chi connectivity index (χ3v) is 5.15. The molecule has 8 nitrogen and oxygen atoms in total. The monoisotopic (exact) mass is 413 g/mol. The maximum atomic E-state index is 12.4. The zero-order chi connectivity index (χ0) is 21.0. The van der Waals surface area contributed by atoms with E-state index in [0.29, 0.717) is 22.2 Å². The van der Waals surface area contributed by atoms with Crippen molar-refractivity contribution in [3.05, 3.63) is 47.9 Å². The molecule has 0 saturated carbocycles. The maximum Gasteiger partial charge on any atom is 0.253 e. The van der Waals surface area contributed by atoms with Gasteiger partial charge in [0.25, 0.3) is 5.91 Å². The van der Waals surface area contributed by atoms with Crippen molar-refractivity contribution in [2.75, 3.05) is 11.1 Å². The Morgan fingerprint density at radius 3 is 2.66 bits per heavy atom. The van der Waals surface area contributed by atoms with Gasteiger partial charge in [0.2, 0.25) is 5.91 Å². The molecule has 9 heteroatoms. The van der Waals surface area contributed by atoms with E-state index < -0.39 is 0 Å². The zero-order valence-corrected chi connectivity index (χ0v) is 17.5. The minimum absolute atomic E-state index is 0.00536. The van der Waals surface area contributed by atoms with E-state index in [2.05, 4.69) is 20.8 Å². The van der Waals surface area contributed by atoms with Crippen molar-refractivity contribution >= 4 is 29.3 Å². The molecule has 2 heterocycles. The molecule has 3 rings (SSSR count). The number of aryl methyl sites for hydroxylation is 1. The molecular weight excluding hydrogens is 390 g/mol. The molecule has 2 N–H and O–H groups in total. The van der Waals surface area contributed by atoms with Gasteiger partial charge in [-0.2, -0.15) is 0 Å². The van der Waals surface area contributed by atoms with Crippen LogP contribution in [0.15, 0.2) is 46.2 Å². The van der Waals surface area contributed by atoms with Crippen LogP contribution in [-0.2, 0) is 11.8 Å². The van der Waals surface area contributed by atoms with Crippen LogP contribution in [0, 0.1) is 6.92 Å². The molecule has 2 amide bonds. The third kappa shape index (κ3) is 4.86. The molecule has 0 unspecified atom stereocenters. The summed E-state index contributed by atoms with van der Waals surface area (Å²) in [5.41, 5.74) is 1.77. The first-order valence-electron chi connectivity index (χ1n) is 9.13. The van der Waals surface area contributed by atoms with Crippen LogP contribution in [0.5, 0.6) is 0 Å². The molecule has 2 aromatic heterocycles. The molecule has 0 aliphatic rings. The fourth-order valence-electron chi connectivity index (χ4n) is 2.74. The summed E-state index contributed by atoms with van der Waals surface area (Å²) in [7, 11) is 1.84. The van der Waals surface area contributed by atoms with Crippen LogP contribution in [0.2, 0.25) is 0 Å². The van der Waals surface area contributed by atoms with E-state index in [1.165, 1.54) is 11.8 Å². The molecular formula is C20H23N5O3S. The summed E-state index contributed by atoms with van der Waals surface area (Å²) in [5, 5.41) is 14.6. The van der Waals surface area contributed by atoms with Crippen LogP contribution in [0.3, 0.4) is 0 Å². The number of amides is 2. The lowest BCUT2D eigenvalue weighted by Gasteiger charge is -2.13. The maximum absolute atomic E-state index is 12.4. The Labute approximate surface area is 173 Å². The molecule has 3 aromatic rings. The highest BCUT2D eigenvalue weighted by Crippen LogP contribution is 2.26. The van der Waals surface area contributed by atoms with Crippen LogP contribution in [0.1, 0.15) is 30.0 Å². The second-order valence-corrected chi connectivity index (χ2v) is 7.71. The minimum atomic E-state index is -0.233. The van der Waals surface area contributed by atoms with Crippen molar-refractivity contribution in [2.45, 2.75) is 32.0 Å². The number of hydrogen-bond acceptors (Lipinski definition) is 6. The molecule has 0 aliphatic carbocycles. The summed E-state index contributed by atoms with van der Waals surface area (Å²) < 4.78 is 7.14. The Balaban J connectivity index is 1.65. The van der Waals surface area contributed by atoms with Gasteiger partial charge in [0.1, 0.15) is 5.76 Å². The second-order valence-electron chi connectivity index (χ2n) is 6.77. The average Bonchev–Trinajstić information content (AvgIpc) is 3.25. The lowest BCUT2D eigenvalue weighted by atomic mass is 10.1. The number of aromatic nitrogens is 3. The summed E-state index contributed by atoms with van der Waals surface area (Å²) in [6, 6.07) is 8.77. The summed E-state index contributed by atoms with van der Waals surface area (Å²) in [4.78, 5) is 24.8. The van der Waals surface area contributed by atoms with Crippen molar-refractivity contribution in [1.82, 2.24) is 20.1 Å². The first-order valence-corrected chi connectivity index (χ1v) is 10.1. The van der Waals surface area contributed by atoms with E-state index in [-0.39, 0.29) is 23.6 Å². The Hall–Kier alpha value is -3.07. The standard InChI is InChI=1S/C20H23N5O3S/c1-12(2)21-19(27)15-7-5-6-8-16(15)22-17(26)11-29-20-24-23-18(25(20)4)14-9-10-28-13(14)3/h5-10,12H,11H2,1-4H3,(H,21,27)(H,22,26). The van der Waals surface area contributed by atoms with Gasteiger partial charge in [0, 0.05) is 13.1 Å². The first kappa shape index (κ1) is 20.7. The van der Waals surface area contributed by atoms with Crippen LogP contribution < -0.4 is 10.6 Å². The number of furan rings is 1. The largest absolute Gasteiger partial charge is 0.469 e. The Morgan fingerprint density at radius 2 is 1.97 bits per heavy atom. The number of benzene rings is 1. The van der Waals surface area contributed by atoms with Gasteiger partial charge in [-0.25, -0.2) is 0 Å². The molecule has 0 radical (unpaired) electrons. The normalized spacial score (nSPS) is 10.9. The number of rotatable bonds is 7. The fourth-order valence-corrected chi connectivity index (χ4v) is 3.45. The van der Waals surface area contributed by atoms with Gasteiger partial charge in [-0.15, -0.1) is 10.2 Å². The van der Waals surface area contributed by atoms with Crippen molar-refractivity contribution in [3.8, 4) is 11.4 Å². The number of carbonyl (C=O) groups excluding carboxylic acids is 2. The topological polar surface area (TPSA) is 102 Å². The van der Waals surface area contributed by atoms with E-state index in [1.54, 1.807) is 30.5 Å². The lowest BCUT2D eigenvalue weighted by Crippen LogP contribution is -2.31. The van der Waals surface area contributed by atoms with Gasteiger partial charge in [0.05, 0.1) is 28.8 Å². The molecule has 0 atom stereocenters. The summed E-state index contributed by atoms with van der Waals surface area (Å²) in [6.45, 7) is 5.63. The van der Waals surface area contributed by atoms with E-state index in [9.17, 15) is 9.59 Å². The zero-order valence-electron chi connectivity index (χ0n) is 16.7. The van der Waals surface area contributed by atoms with E-state index in [0.717, 1.165) is 11.3 Å². The van der Waals surface area contributed by atoms with Gasteiger partial charge >= 0.3 is 0 Å². The van der Waals surface area contributed by atoms with Crippen LogP contribution in [-0.4, -0.2) is 38.4 Å². The van der Waals surface area contributed by atoms with Crippen LogP contribution in [0.4, 0.5) is 5.69 Å². The highest BCUT2D eigenvalue weighted by molar-refractivity contribution is 7.99. The summed E-state index contributed by atoms with van der Waals surface area (Å²) in [6.07, 6.45) is 1.60. The summed E-state index contributed by atoms with van der Waals surface area (Å²) >= 11 is 1.27. The molecule has 0 bridgehead atoms. The van der Waals surface area contributed by atoms with E-state index >= 15 is 0 Å². The number of para-hydroxylation sites is 1. The molecule has 29 heavy (non-hydrogen) atoms. The van der Waals surface area contributed by atoms with E-state index in [1.807, 2.05) is 38.5 Å². The van der Waals surface area contributed by atoms with Gasteiger partial charge < -0.3 is 19.6 Å². The van der Waals surface area contributed by atoms with Gasteiger partial charge in [-0.1, -0.05) is 23.9 Å². The Bertz CT molecular complexity index is 1020. The predicted molar refractivity (Wildman–Crippen MR) is 112 cm³/mol. The number of nitrogens with zero attached hydrogens (tertiary/aromatic N) is 3. The van der Waals surface area contributed by atoms with Crippen molar-refractivity contribution in [1.29, 1.82) is 0 Å². The first-order chi connectivity index (χ1) is 13.9. The SMILES string of the molecule is Cc1occc1-c1nnc(SCC(=O)Nc2ccccc2C(=O)NC(C)C)n1C. The molecule has 1 aromatic carbocycles.